The van der Waals surface area contributed by atoms with Gasteiger partial charge in [0.1, 0.15) is 11.5 Å². The van der Waals surface area contributed by atoms with E-state index in [1.807, 2.05) is 28.9 Å². The first-order valence-electron chi connectivity index (χ1n) is 6.44. The van der Waals surface area contributed by atoms with Gasteiger partial charge in [-0.1, -0.05) is 19.9 Å². The van der Waals surface area contributed by atoms with Crippen LogP contribution in [0.2, 0.25) is 0 Å². The second-order valence-electron chi connectivity index (χ2n) is 5.55. The molecule has 0 aliphatic rings. The highest BCUT2D eigenvalue weighted by atomic mass is 15.1. The Kier molecular flexibility index (Phi) is 3.57. The number of nitrogens with one attached hydrogen (secondary N) is 1. The average molecular weight is 246 g/mol. The maximum absolute atomic E-state index is 5.94. The number of imidazole rings is 1. The Morgan fingerprint density at radius 1 is 1.44 bits per heavy atom. The van der Waals surface area contributed by atoms with Crippen molar-refractivity contribution >= 4 is 11.5 Å². The molecule has 0 aromatic carbocycles. The number of pyridine rings is 1. The number of rotatable bonds is 5. The Morgan fingerprint density at radius 3 is 2.89 bits per heavy atom. The highest BCUT2D eigenvalue weighted by Crippen LogP contribution is 2.22. The van der Waals surface area contributed by atoms with Crippen LogP contribution in [-0.2, 0) is 0 Å². The molecule has 2 aromatic heterocycles. The van der Waals surface area contributed by atoms with E-state index in [2.05, 4.69) is 37.1 Å². The summed E-state index contributed by atoms with van der Waals surface area (Å²) in [6.45, 7) is 7.21. The molecule has 2 aromatic rings. The third-order valence-electron chi connectivity index (χ3n) is 3.17. The maximum Gasteiger partial charge on any atom is 0.138 e. The zero-order valence-corrected chi connectivity index (χ0v) is 11.4. The molecular weight excluding hydrogens is 224 g/mol. The highest BCUT2D eigenvalue weighted by molar-refractivity contribution is 5.51. The summed E-state index contributed by atoms with van der Waals surface area (Å²) < 4.78 is 2.05. The number of hydrogen-bond donors (Lipinski definition) is 2. The zero-order chi connectivity index (χ0) is 13.2. The molecule has 0 fully saturated rings. The minimum atomic E-state index is -0.0906. The quantitative estimate of drug-likeness (QED) is 0.852. The summed E-state index contributed by atoms with van der Waals surface area (Å²) in [6.07, 6.45) is 4.81. The van der Waals surface area contributed by atoms with Crippen LogP contribution in [0.3, 0.4) is 0 Å². The van der Waals surface area contributed by atoms with E-state index in [-0.39, 0.29) is 5.54 Å². The molecule has 0 aliphatic heterocycles. The van der Waals surface area contributed by atoms with Gasteiger partial charge in [0.2, 0.25) is 0 Å². The molecular formula is C14H22N4. The van der Waals surface area contributed by atoms with E-state index in [1.165, 1.54) is 0 Å². The third kappa shape index (κ3) is 2.64. The molecule has 0 amide bonds. The van der Waals surface area contributed by atoms with Gasteiger partial charge in [-0.25, -0.2) is 4.98 Å². The summed E-state index contributed by atoms with van der Waals surface area (Å²) >= 11 is 0. The maximum atomic E-state index is 5.94. The molecule has 1 unspecified atom stereocenters. The summed E-state index contributed by atoms with van der Waals surface area (Å²) in [4.78, 5) is 4.29. The van der Waals surface area contributed by atoms with Crippen molar-refractivity contribution in [2.45, 2.75) is 32.7 Å². The van der Waals surface area contributed by atoms with Crippen molar-refractivity contribution in [1.29, 1.82) is 0 Å². The van der Waals surface area contributed by atoms with Crippen LogP contribution in [0.1, 0.15) is 27.2 Å². The molecule has 1 atom stereocenters. The van der Waals surface area contributed by atoms with Gasteiger partial charge >= 0.3 is 0 Å². The lowest BCUT2D eigenvalue weighted by Crippen LogP contribution is -2.44. The fraction of sp³-hybridized carbons (Fsp3) is 0.500. The number of fused-ring (bicyclic) bond motifs is 1. The van der Waals surface area contributed by atoms with Crippen molar-refractivity contribution in [3.63, 3.8) is 0 Å². The topological polar surface area (TPSA) is 55.3 Å². The lowest BCUT2D eigenvalue weighted by atomic mass is 9.91. The molecule has 0 aliphatic carbocycles. The summed E-state index contributed by atoms with van der Waals surface area (Å²) in [5.41, 5.74) is 6.79. The van der Waals surface area contributed by atoms with E-state index in [4.69, 9.17) is 5.73 Å². The standard InChI is InChI=1S/C14H22N4/c1-11(2)9-14(3,10-15)17-13-6-4-5-12-16-7-8-18(12)13/h4-8,11,17H,9-10,15H2,1-3H3. The van der Waals surface area contributed by atoms with Gasteiger partial charge in [0, 0.05) is 24.5 Å². The fourth-order valence-electron chi connectivity index (χ4n) is 2.45. The van der Waals surface area contributed by atoms with Crippen LogP contribution >= 0.6 is 0 Å². The summed E-state index contributed by atoms with van der Waals surface area (Å²) in [5, 5.41) is 3.56. The van der Waals surface area contributed by atoms with E-state index in [0.29, 0.717) is 12.5 Å². The lowest BCUT2D eigenvalue weighted by molar-refractivity contribution is 0.405. The van der Waals surface area contributed by atoms with Crippen LogP contribution in [0.15, 0.2) is 30.6 Å². The van der Waals surface area contributed by atoms with Gasteiger partial charge in [0.15, 0.2) is 0 Å². The molecule has 2 rings (SSSR count). The Labute approximate surface area is 108 Å². The van der Waals surface area contributed by atoms with Gasteiger partial charge in [-0.15, -0.1) is 0 Å². The largest absolute Gasteiger partial charge is 0.365 e. The smallest absolute Gasteiger partial charge is 0.138 e. The van der Waals surface area contributed by atoms with Crippen LogP contribution in [0.4, 0.5) is 5.82 Å². The van der Waals surface area contributed by atoms with Crippen molar-refractivity contribution in [3.8, 4) is 0 Å². The van der Waals surface area contributed by atoms with E-state index >= 15 is 0 Å². The van der Waals surface area contributed by atoms with Gasteiger partial charge < -0.3 is 11.1 Å². The summed E-state index contributed by atoms with van der Waals surface area (Å²) in [6, 6.07) is 6.06. The second-order valence-corrected chi connectivity index (χ2v) is 5.55. The van der Waals surface area contributed by atoms with Crippen molar-refractivity contribution < 1.29 is 0 Å². The second kappa shape index (κ2) is 4.98. The van der Waals surface area contributed by atoms with E-state index in [9.17, 15) is 0 Å². The number of nitrogens with two attached hydrogens (primary N) is 1. The van der Waals surface area contributed by atoms with Crippen molar-refractivity contribution in [3.05, 3.63) is 30.6 Å². The molecule has 3 N–H and O–H groups in total. The average Bonchev–Trinajstić information content (AvgIpc) is 2.77. The first-order chi connectivity index (χ1) is 8.54. The monoisotopic (exact) mass is 246 g/mol. The summed E-state index contributed by atoms with van der Waals surface area (Å²) in [7, 11) is 0. The Hall–Kier alpha value is -1.55. The zero-order valence-electron chi connectivity index (χ0n) is 11.4. The third-order valence-corrected chi connectivity index (χ3v) is 3.17. The number of anilines is 1. The van der Waals surface area contributed by atoms with Crippen molar-refractivity contribution in [2.24, 2.45) is 11.7 Å². The van der Waals surface area contributed by atoms with Gasteiger partial charge in [0.25, 0.3) is 0 Å². The van der Waals surface area contributed by atoms with Crippen LogP contribution in [0, 0.1) is 5.92 Å². The molecule has 4 nitrogen and oxygen atoms in total. The van der Waals surface area contributed by atoms with Crippen molar-refractivity contribution in [1.82, 2.24) is 9.38 Å². The van der Waals surface area contributed by atoms with Crippen molar-refractivity contribution in [2.75, 3.05) is 11.9 Å². The van der Waals surface area contributed by atoms with E-state index in [1.54, 1.807) is 0 Å². The highest BCUT2D eigenvalue weighted by Gasteiger charge is 2.24. The van der Waals surface area contributed by atoms with E-state index < -0.39 is 0 Å². The Balaban J connectivity index is 2.29. The van der Waals surface area contributed by atoms with Crippen LogP contribution in [-0.4, -0.2) is 21.5 Å². The molecule has 18 heavy (non-hydrogen) atoms. The minimum Gasteiger partial charge on any atom is -0.365 e. The van der Waals surface area contributed by atoms with Crippen LogP contribution in [0.5, 0.6) is 0 Å². The molecule has 0 bridgehead atoms. The first kappa shape index (κ1) is 12.9. The predicted octanol–water partition coefficient (Wildman–Crippen LogP) is 2.51. The van der Waals surface area contributed by atoms with Crippen LogP contribution in [0.25, 0.3) is 5.65 Å². The molecule has 0 radical (unpaired) electrons. The lowest BCUT2D eigenvalue weighted by Gasteiger charge is -2.32. The van der Waals surface area contributed by atoms with Gasteiger partial charge in [-0.2, -0.15) is 0 Å². The molecule has 0 spiro atoms. The number of nitrogens with zero attached hydrogens (tertiary/aromatic N) is 2. The Morgan fingerprint density at radius 2 is 2.22 bits per heavy atom. The minimum absolute atomic E-state index is 0.0906. The Bertz CT molecular complexity index is 517. The molecule has 0 saturated carbocycles. The molecule has 2 heterocycles. The van der Waals surface area contributed by atoms with Crippen LogP contribution < -0.4 is 11.1 Å². The van der Waals surface area contributed by atoms with Gasteiger partial charge in [0.05, 0.1) is 0 Å². The molecule has 98 valence electrons. The van der Waals surface area contributed by atoms with Gasteiger partial charge in [-0.05, 0) is 31.4 Å². The first-order valence-corrected chi connectivity index (χ1v) is 6.44. The number of aromatic nitrogens is 2. The molecule has 4 heteroatoms. The summed E-state index contributed by atoms with van der Waals surface area (Å²) in [5.74, 6) is 1.65. The fourth-order valence-corrected chi connectivity index (χ4v) is 2.45. The predicted molar refractivity (Wildman–Crippen MR) is 75.7 cm³/mol. The van der Waals surface area contributed by atoms with E-state index in [0.717, 1.165) is 17.9 Å². The van der Waals surface area contributed by atoms with Gasteiger partial charge in [-0.3, -0.25) is 4.40 Å². The SMILES string of the molecule is CC(C)CC(C)(CN)Nc1cccc2nccn12. The molecule has 0 saturated heterocycles. The normalized spacial score (nSPS) is 14.9. The number of hydrogen-bond acceptors (Lipinski definition) is 3.